The van der Waals surface area contributed by atoms with Crippen LogP contribution < -0.4 is 10.5 Å². The molecule has 20 heavy (non-hydrogen) atoms. The van der Waals surface area contributed by atoms with Gasteiger partial charge in [0.15, 0.2) is 0 Å². The van der Waals surface area contributed by atoms with E-state index in [-0.39, 0.29) is 6.04 Å². The molecule has 0 amide bonds. The summed E-state index contributed by atoms with van der Waals surface area (Å²) in [5, 5.41) is 0. The highest BCUT2D eigenvalue weighted by molar-refractivity contribution is 9.10. The largest absolute Gasteiger partial charge is 0.494 e. The average Bonchev–Trinajstić information content (AvgIpc) is 2.45. The fourth-order valence-corrected chi connectivity index (χ4v) is 2.63. The third-order valence-electron chi connectivity index (χ3n) is 3.28. The Morgan fingerprint density at radius 1 is 1.15 bits per heavy atom. The highest BCUT2D eigenvalue weighted by Crippen LogP contribution is 2.26. The van der Waals surface area contributed by atoms with Crippen LogP contribution in [-0.4, -0.2) is 6.61 Å². The first-order chi connectivity index (χ1) is 9.61. The van der Waals surface area contributed by atoms with E-state index in [1.165, 1.54) is 5.56 Å². The molecule has 0 heterocycles. The Kier molecular flexibility index (Phi) is 5.21. The lowest BCUT2D eigenvalue weighted by atomic mass is 9.96. The second kappa shape index (κ2) is 6.91. The Morgan fingerprint density at radius 2 is 1.85 bits per heavy atom. The smallest absolute Gasteiger partial charge is 0.119 e. The lowest BCUT2D eigenvalue weighted by molar-refractivity contribution is 0.317. The van der Waals surface area contributed by atoms with Gasteiger partial charge in [0.05, 0.1) is 12.6 Å². The van der Waals surface area contributed by atoms with E-state index in [0.29, 0.717) is 0 Å². The van der Waals surface area contributed by atoms with Crippen molar-refractivity contribution in [3.8, 4) is 5.75 Å². The van der Waals surface area contributed by atoms with E-state index in [1.807, 2.05) is 30.3 Å². The predicted octanol–water partition coefficient (Wildman–Crippen LogP) is 4.59. The Hall–Kier alpha value is -1.32. The van der Waals surface area contributed by atoms with Gasteiger partial charge >= 0.3 is 0 Å². The first-order valence-electron chi connectivity index (χ1n) is 6.86. The zero-order valence-corrected chi connectivity index (χ0v) is 13.5. The molecule has 1 atom stereocenters. The third kappa shape index (κ3) is 3.62. The minimum Gasteiger partial charge on any atom is -0.494 e. The SMILES string of the molecule is CCCOc1ccc(C(N)c2ccc(Br)cc2C)cc1. The van der Waals surface area contributed by atoms with E-state index in [1.54, 1.807) is 0 Å². The van der Waals surface area contributed by atoms with Crippen LogP contribution in [0.1, 0.15) is 36.1 Å². The first kappa shape index (κ1) is 15.1. The molecule has 2 N–H and O–H groups in total. The summed E-state index contributed by atoms with van der Waals surface area (Å²) in [4.78, 5) is 0. The van der Waals surface area contributed by atoms with Gasteiger partial charge in [0.1, 0.15) is 5.75 Å². The maximum Gasteiger partial charge on any atom is 0.119 e. The van der Waals surface area contributed by atoms with Gasteiger partial charge in [-0.05, 0) is 54.3 Å². The van der Waals surface area contributed by atoms with E-state index in [2.05, 4.69) is 41.9 Å². The summed E-state index contributed by atoms with van der Waals surface area (Å²) in [6, 6.07) is 14.1. The molecule has 0 fully saturated rings. The fraction of sp³-hybridized carbons (Fsp3) is 0.294. The van der Waals surface area contributed by atoms with Gasteiger partial charge in [-0.1, -0.05) is 41.1 Å². The van der Waals surface area contributed by atoms with Crippen molar-refractivity contribution in [1.82, 2.24) is 0 Å². The molecule has 3 heteroatoms. The normalized spacial score (nSPS) is 12.2. The third-order valence-corrected chi connectivity index (χ3v) is 3.77. The number of rotatable bonds is 5. The minimum absolute atomic E-state index is 0.108. The van der Waals surface area contributed by atoms with Gasteiger partial charge in [-0.25, -0.2) is 0 Å². The van der Waals surface area contributed by atoms with Crippen molar-refractivity contribution in [1.29, 1.82) is 0 Å². The van der Waals surface area contributed by atoms with Crippen LogP contribution >= 0.6 is 15.9 Å². The van der Waals surface area contributed by atoms with Crippen LogP contribution in [0.15, 0.2) is 46.9 Å². The standard InChI is InChI=1S/C17H20BrNO/c1-3-10-20-15-7-4-13(5-8-15)17(19)16-9-6-14(18)11-12(16)2/h4-9,11,17H,3,10,19H2,1-2H3. The van der Waals surface area contributed by atoms with Gasteiger partial charge in [0.2, 0.25) is 0 Å². The molecule has 0 saturated carbocycles. The Labute approximate surface area is 129 Å². The molecule has 2 aromatic carbocycles. The molecule has 0 bridgehead atoms. The van der Waals surface area contributed by atoms with Crippen LogP contribution in [-0.2, 0) is 0 Å². The molecule has 0 aromatic heterocycles. The number of hydrogen-bond acceptors (Lipinski definition) is 2. The quantitative estimate of drug-likeness (QED) is 0.868. The molecule has 106 valence electrons. The molecule has 0 aliphatic rings. The van der Waals surface area contributed by atoms with Crippen LogP contribution in [0.2, 0.25) is 0 Å². The zero-order valence-electron chi connectivity index (χ0n) is 11.9. The second-order valence-electron chi connectivity index (χ2n) is 4.90. The molecule has 0 spiro atoms. The van der Waals surface area contributed by atoms with E-state index in [0.717, 1.165) is 34.4 Å². The summed E-state index contributed by atoms with van der Waals surface area (Å²) in [6.45, 7) is 4.93. The Balaban J connectivity index is 2.18. The first-order valence-corrected chi connectivity index (χ1v) is 7.65. The van der Waals surface area contributed by atoms with E-state index < -0.39 is 0 Å². The molecular formula is C17H20BrNO. The topological polar surface area (TPSA) is 35.2 Å². The van der Waals surface area contributed by atoms with Gasteiger partial charge < -0.3 is 10.5 Å². The zero-order chi connectivity index (χ0) is 14.5. The lowest BCUT2D eigenvalue weighted by Crippen LogP contribution is -2.13. The maximum atomic E-state index is 6.36. The summed E-state index contributed by atoms with van der Waals surface area (Å²) >= 11 is 3.48. The van der Waals surface area contributed by atoms with Crippen molar-refractivity contribution in [2.45, 2.75) is 26.3 Å². The molecule has 0 aliphatic carbocycles. The second-order valence-corrected chi connectivity index (χ2v) is 5.81. The number of aryl methyl sites for hydroxylation is 1. The summed E-state index contributed by atoms with van der Waals surface area (Å²) in [7, 11) is 0. The monoisotopic (exact) mass is 333 g/mol. The molecule has 2 nitrogen and oxygen atoms in total. The van der Waals surface area contributed by atoms with Gasteiger partial charge in [-0.3, -0.25) is 0 Å². The lowest BCUT2D eigenvalue weighted by Gasteiger charge is -2.16. The molecule has 0 saturated heterocycles. The van der Waals surface area contributed by atoms with Crippen LogP contribution in [0.25, 0.3) is 0 Å². The Bertz CT molecular complexity index is 566. The van der Waals surface area contributed by atoms with Crippen molar-refractivity contribution in [2.24, 2.45) is 5.73 Å². The number of hydrogen-bond donors (Lipinski definition) is 1. The molecule has 2 rings (SSSR count). The van der Waals surface area contributed by atoms with Crippen molar-refractivity contribution >= 4 is 15.9 Å². The summed E-state index contributed by atoms with van der Waals surface area (Å²) < 4.78 is 6.67. The van der Waals surface area contributed by atoms with E-state index in [9.17, 15) is 0 Å². The number of halogens is 1. The molecule has 2 aromatic rings. The van der Waals surface area contributed by atoms with Crippen LogP contribution in [0.4, 0.5) is 0 Å². The molecular weight excluding hydrogens is 314 g/mol. The van der Waals surface area contributed by atoms with Crippen molar-refractivity contribution in [3.63, 3.8) is 0 Å². The number of nitrogens with two attached hydrogens (primary N) is 1. The molecule has 0 radical (unpaired) electrons. The highest BCUT2D eigenvalue weighted by Gasteiger charge is 2.11. The van der Waals surface area contributed by atoms with Gasteiger partial charge in [-0.2, -0.15) is 0 Å². The predicted molar refractivity (Wildman–Crippen MR) is 87.1 cm³/mol. The van der Waals surface area contributed by atoms with Crippen molar-refractivity contribution < 1.29 is 4.74 Å². The summed E-state index contributed by atoms with van der Waals surface area (Å²) in [6.07, 6.45) is 1.01. The van der Waals surface area contributed by atoms with Crippen LogP contribution in [0.5, 0.6) is 5.75 Å². The maximum absolute atomic E-state index is 6.36. The summed E-state index contributed by atoms with van der Waals surface area (Å²) in [5.41, 5.74) is 9.80. The van der Waals surface area contributed by atoms with Gasteiger partial charge in [-0.15, -0.1) is 0 Å². The number of benzene rings is 2. The van der Waals surface area contributed by atoms with Crippen LogP contribution in [0.3, 0.4) is 0 Å². The summed E-state index contributed by atoms with van der Waals surface area (Å²) in [5.74, 6) is 0.898. The highest BCUT2D eigenvalue weighted by atomic mass is 79.9. The molecule has 1 unspecified atom stereocenters. The van der Waals surface area contributed by atoms with Crippen molar-refractivity contribution in [2.75, 3.05) is 6.61 Å². The van der Waals surface area contributed by atoms with Gasteiger partial charge in [0.25, 0.3) is 0 Å². The van der Waals surface area contributed by atoms with Crippen molar-refractivity contribution in [3.05, 3.63) is 63.6 Å². The minimum atomic E-state index is -0.108. The molecule has 0 aliphatic heterocycles. The number of ether oxygens (including phenoxy) is 1. The van der Waals surface area contributed by atoms with E-state index >= 15 is 0 Å². The van der Waals surface area contributed by atoms with Gasteiger partial charge in [0, 0.05) is 4.47 Å². The Morgan fingerprint density at radius 3 is 2.45 bits per heavy atom. The van der Waals surface area contributed by atoms with Crippen LogP contribution in [0, 0.1) is 6.92 Å². The van der Waals surface area contributed by atoms with E-state index in [4.69, 9.17) is 10.5 Å². The fourth-order valence-electron chi connectivity index (χ4n) is 2.16. The average molecular weight is 334 g/mol.